The van der Waals surface area contributed by atoms with Gasteiger partial charge in [0.05, 0.1) is 6.54 Å². The van der Waals surface area contributed by atoms with Gasteiger partial charge in [-0.2, -0.15) is 0 Å². The summed E-state index contributed by atoms with van der Waals surface area (Å²) >= 11 is 0. The lowest BCUT2D eigenvalue weighted by Crippen LogP contribution is -2.37. The summed E-state index contributed by atoms with van der Waals surface area (Å²) in [5, 5.41) is 2.25. The van der Waals surface area contributed by atoms with E-state index in [0.29, 0.717) is 6.54 Å². The van der Waals surface area contributed by atoms with Crippen LogP contribution < -0.4 is 5.32 Å². The smallest absolute Gasteiger partial charge is 0.240 e. The summed E-state index contributed by atoms with van der Waals surface area (Å²) in [5.41, 5.74) is 0. The Labute approximate surface area is 71.9 Å². The quantitative estimate of drug-likeness (QED) is 0.621. The van der Waals surface area contributed by atoms with Gasteiger partial charge in [-0.05, 0) is 25.9 Å². The molecule has 0 atom stereocenters. The third-order valence-corrected chi connectivity index (χ3v) is 1.88. The third-order valence-electron chi connectivity index (χ3n) is 1.88. The number of carbonyl (C=O) groups excluding carboxylic acids is 2. The van der Waals surface area contributed by atoms with Gasteiger partial charge in [0, 0.05) is 6.92 Å². The second-order valence-corrected chi connectivity index (χ2v) is 3.09. The Hall–Kier alpha value is -0.900. The lowest BCUT2D eigenvalue weighted by atomic mass is 10.4. The van der Waals surface area contributed by atoms with Gasteiger partial charge in [0.1, 0.15) is 0 Å². The molecule has 68 valence electrons. The minimum Gasteiger partial charge on any atom is -0.296 e. The highest BCUT2D eigenvalue weighted by Gasteiger charge is 2.15. The van der Waals surface area contributed by atoms with Crippen molar-refractivity contribution in [2.45, 2.75) is 19.8 Å². The Morgan fingerprint density at radius 2 is 1.92 bits per heavy atom. The van der Waals surface area contributed by atoms with Crippen LogP contribution in [0.25, 0.3) is 0 Å². The van der Waals surface area contributed by atoms with Gasteiger partial charge in [-0.15, -0.1) is 0 Å². The molecule has 0 bridgehead atoms. The van der Waals surface area contributed by atoms with Gasteiger partial charge in [0.2, 0.25) is 11.8 Å². The minimum absolute atomic E-state index is 0.190. The summed E-state index contributed by atoms with van der Waals surface area (Å²) in [6, 6.07) is 0. The van der Waals surface area contributed by atoms with Crippen molar-refractivity contribution < 1.29 is 9.59 Å². The largest absolute Gasteiger partial charge is 0.296 e. The van der Waals surface area contributed by atoms with Crippen molar-refractivity contribution in [3.63, 3.8) is 0 Å². The first-order valence-electron chi connectivity index (χ1n) is 4.21. The highest BCUT2D eigenvalue weighted by Crippen LogP contribution is 2.05. The second-order valence-electron chi connectivity index (χ2n) is 3.09. The van der Waals surface area contributed by atoms with Crippen LogP contribution in [0.4, 0.5) is 0 Å². The van der Waals surface area contributed by atoms with Crippen molar-refractivity contribution in [1.82, 2.24) is 10.2 Å². The van der Waals surface area contributed by atoms with E-state index in [4.69, 9.17) is 0 Å². The number of imide groups is 1. The summed E-state index contributed by atoms with van der Waals surface area (Å²) < 4.78 is 0. The van der Waals surface area contributed by atoms with Crippen LogP contribution in [0.2, 0.25) is 0 Å². The molecular formula is C8H14N2O2. The molecule has 0 spiro atoms. The molecule has 1 N–H and O–H groups in total. The van der Waals surface area contributed by atoms with Crippen LogP contribution in [0.15, 0.2) is 0 Å². The number of hydrogen-bond acceptors (Lipinski definition) is 3. The van der Waals surface area contributed by atoms with Crippen molar-refractivity contribution in [2.75, 3.05) is 19.6 Å². The number of likely N-dealkylation sites (tertiary alicyclic amines) is 1. The summed E-state index contributed by atoms with van der Waals surface area (Å²) in [7, 11) is 0. The fourth-order valence-electron chi connectivity index (χ4n) is 1.38. The molecule has 1 aliphatic rings. The molecule has 0 unspecified atom stereocenters. The first-order chi connectivity index (χ1) is 5.68. The maximum atomic E-state index is 11.0. The van der Waals surface area contributed by atoms with Crippen molar-refractivity contribution in [1.29, 1.82) is 0 Å². The van der Waals surface area contributed by atoms with E-state index in [9.17, 15) is 9.59 Å². The van der Waals surface area contributed by atoms with E-state index >= 15 is 0 Å². The number of carbonyl (C=O) groups is 2. The number of nitrogens with one attached hydrogen (secondary N) is 1. The lowest BCUT2D eigenvalue weighted by Gasteiger charge is -2.12. The fourth-order valence-corrected chi connectivity index (χ4v) is 1.38. The van der Waals surface area contributed by atoms with Crippen LogP contribution in [0.3, 0.4) is 0 Å². The van der Waals surface area contributed by atoms with Gasteiger partial charge < -0.3 is 0 Å². The molecule has 4 heteroatoms. The molecule has 1 saturated heterocycles. The van der Waals surface area contributed by atoms with Gasteiger partial charge in [0.15, 0.2) is 0 Å². The molecule has 0 aliphatic carbocycles. The predicted molar refractivity (Wildman–Crippen MR) is 44.5 cm³/mol. The van der Waals surface area contributed by atoms with Crippen molar-refractivity contribution >= 4 is 11.8 Å². The van der Waals surface area contributed by atoms with E-state index in [1.165, 1.54) is 6.92 Å². The average molecular weight is 170 g/mol. The van der Waals surface area contributed by atoms with E-state index in [1.807, 2.05) is 0 Å². The highest BCUT2D eigenvalue weighted by atomic mass is 16.2. The van der Waals surface area contributed by atoms with Crippen molar-refractivity contribution in [3.8, 4) is 0 Å². The van der Waals surface area contributed by atoms with Crippen LogP contribution in [0.1, 0.15) is 19.8 Å². The third kappa shape index (κ3) is 3.00. The summed E-state index contributed by atoms with van der Waals surface area (Å²) in [6.07, 6.45) is 2.32. The second kappa shape index (κ2) is 4.21. The van der Waals surface area contributed by atoms with Gasteiger partial charge in [0.25, 0.3) is 0 Å². The van der Waals surface area contributed by atoms with Crippen molar-refractivity contribution in [2.24, 2.45) is 0 Å². The molecule has 4 nitrogen and oxygen atoms in total. The zero-order chi connectivity index (χ0) is 8.97. The molecule has 0 radical (unpaired) electrons. The van der Waals surface area contributed by atoms with Gasteiger partial charge >= 0.3 is 0 Å². The van der Waals surface area contributed by atoms with Crippen LogP contribution in [0.5, 0.6) is 0 Å². The topological polar surface area (TPSA) is 49.4 Å². The van der Waals surface area contributed by atoms with Gasteiger partial charge in [-0.1, -0.05) is 0 Å². The first kappa shape index (κ1) is 9.19. The van der Waals surface area contributed by atoms with Crippen LogP contribution in [0, 0.1) is 0 Å². The maximum Gasteiger partial charge on any atom is 0.240 e. The number of amides is 2. The molecular weight excluding hydrogens is 156 g/mol. The fraction of sp³-hybridized carbons (Fsp3) is 0.750. The Bertz CT molecular complexity index is 185. The first-order valence-corrected chi connectivity index (χ1v) is 4.21. The zero-order valence-electron chi connectivity index (χ0n) is 7.30. The molecule has 0 saturated carbocycles. The van der Waals surface area contributed by atoms with Gasteiger partial charge in [-0.3, -0.25) is 19.8 Å². The van der Waals surface area contributed by atoms with E-state index in [0.717, 1.165) is 25.9 Å². The van der Waals surface area contributed by atoms with Crippen LogP contribution in [-0.2, 0) is 9.59 Å². The van der Waals surface area contributed by atoms with E-state index in [1.54, 1.807) is 0 Å². The average Bonchev–Trinajstić information content (AvgIpc) is 2.37. The Kier molecular flexibility index (Phi) is 3.22. The molecule has 0 aromatic heterocycles. The predicted octanol–water partition coefficient (Wildman–Crippen LogP) is -0.255. The minimum atomic E-state index is -0.279. The summed E-state index contributed by atoms with van der Waals surface area (Å²) in [6.45, 7) is 3.66. The van der Waals surface area contributed by atoms with Gasteiger partial charge in [-0.25, -0.2) is 0 Å². The molecule has 2 amide bonds. The number of rotatable bonds is 2. The molecule has 12 heavy (non-hydrogen) atoms. The molecule has 1 aliphatic heterocycles. The Morgan fingerprint density at radius 3 is 2.42 bits per heavy atom. The molecule has 0 aromatic rings. The van der Waals surface area contributed by atoms with E-state index in [2.05, 4.69) is 10.2 Å². The van der Waals surface area contributed by atoms with Crippen molar-refractivity contribution in [3.05, 3.63) is 0 Å². The SMILES string of the molecule is CC(=O)NC(=O)CN1CCCC1. The molecule has 1 fully saturated rings. The van der Waals surface area contributed by atoms with Crippen LogP contribution >= 0.6 is 0 Å². The standard InChI is InChI=1S/C8H14N2O2/c1-7(11)9-8(12)6-10-4-2-3-5-10/h2-6H2,1H3,(H,9,11,12). The van der Waals surface area contributed by atoms with E-state index < -0.39 is 0 Å². The maximum absolute atomic E-state index is 11.0. The zero-order valence-corrected chi connectivity index (χ0v) is 7.30. The van der Waals surface area contributed by atoms with E-state index in [-0.39, 0.29) is 11.8 Å². The number of hydrogen-bond donors (Lipinski definition) is 1. The summed E-state index contributed by atoms with van der Waals surface area (Å²) in [4.78, 5) is 23.6. The van der Waals surface area contributed by atoms with Crippen LogP contribution in [-0.4, -0.2) is 36.3 Å². The highest BCUT2D eigenvalue weighted by molar-refractivity contribution is 5.94. The monoisotopic (exact) mass is 170 g/mol. The lowest BCUT2D eigenvalue weighted by molar-refractivity contribution is -0.129. The molecule has 0 aromatic carbocycles. The number of nitrogens with zero attached hydrogens (tertiary/aromatic N) is 1. The Morgan fingerprint density at radius 1 is 1.33 bits per heavy atom. The summed E-state index contributed by atoms with van der Waals surface area (Å²) in [5.74, 6) is -0.469. The molecule has 1 heterocycles. The normalized spacial score (nSPS) is 17.8. The Balaban J connectivity index is 2.20. The molecule has 1 rings (SSSR count).